The van der Waals surface area contributed by atoms with Gasteiger partial charge in [0.25, 0.3) is 0 Å². The first-order valence-electron chi connectivity index (χ1n) is 9.60. The largest absolute Gasteiger partial charge is 0.496 e. The van der Waals surface area contributed by atoms with Crippen LogP contribution in [0.25, 0.3) is 11.1 Å². The van der Waals surface area contributed by atoms with Gasteiger partial charge >= 0.3 is 5.97 Å². The number of hydrogen-bond donors (Lipinski definition) is 0. The molecule has 0 spiro atoms. The van der Waals surface area contributed by atoms with E-state index in [-0.39, 0.29) is 11.9 Å². The van der Waals surface area contributed by atoms with E-state index in [0.29, 0.717) is 18.4 Å². The van der Waals surface area contributed by atoms with Crippen LogP contribution in [0.3, 0.4) is 0 Å². The van der Waals surface area contributed by atoms with Gasteiger partial charge in [-0.3, -0.25) is 4.79 Å². The molecule has 29 heavy (non-hydrogen) atoms. The van der Waals surface area contributed by atoms with E-state index in [1.807, 2.05) is 51.5 Å². The van der Waals surface area contributed by atoms with E-state index in [1.165, 1.54) is 7.11 Å². The van der Waals surface area contributed by atoms with Crippen molar-refractivity contribution >= 4 is 11.9 Å². The van der Waals surface area contributed by atoms with Crippen LogP contribution in [0, 0.1) is 0 Å². The minimum absolute atomic E-state index is 0.133. The van der Waals surface area contributed by atoms with Crippen molar-refractivity contribution in [2.45, 2.75) is 12.8 Å². The maximum atomic E-state index is 12.3. The normalized spacial score (nSPS) is 10.7. The molecule has 2 rings (SSSR count). The highest BCUT2D eigenvalue weighted by Crippen LogP contribution is 2.31. The number of rotatable bonds is 9. The predicted molar refractivity (Wildman–Crippen MR) is 114 cm³/mol. The summed E-state index contributed by atoms with van der Waals surface area (Å²) in [6, 6.07) is 13.2. The monoisotopic (exact) mass is 398 g/mol. The SMILES string of the molecule is COC(=O)c1ccc(-c2ccc(CCC(=O)N(C)CCN(C)C)cc2OC)cc1. The zero-order valence-electron chi connectivity index (χ0n) is 17.9. The van der Waals surface area contributed by atoms with Crippen LogP contribution in [0.4, 0.5) is 0 Å². The van der Waals surface area contributed by atoms with Crippen molar-refractivity contribution in [2.75, 3.05) is 48.5 Å². The average Bonchev–Trinajstić information content (AvgIpc) is 2.74. The Kier molecular flexibility index (Phi) is 8.21. The predicted octanol–water partition coefficient (Wildman–Crippen LogP) is 3.10. The van der Waals surface area contributed by atoms with Gasteiger partial charge in [0.05, 0.1) is 19.8 Å². The summed E-state index contributed by atoms with van der Waals surface area (Å²) in [6.07, 6.45) is 1.11. The fourth-order valence-corrected chi connectivity index (χ4v) is 2.95. The Morgan fingerprint density at radius 2 is 1.62 bits per heavy atom. The van der Waals surface area contributed by atoms with Gasteiger partial charge in [0.15, 0.2) is 0 Å². The van der Waals surface area contributed by atoms with Gasteiger partial charge < -0.3 is 19.3 Å². The Morgan fingerprint density at radius 3 is 2.21 bits per heavy atom. The third-order valence-electron chi connectivity index (χ3n) is 4.82. The summed E-state index contributed by atoms with van der Waals surface area (Å²) in [7, 11) is 8.83. The van der Waals surface area contributed by atoms with Gasteiger partial charge in [-0.2, -0.15) is 0 Å². The van der Waals surface area contributed by atoms with Crippen molar-refractivity contribution in [1.82, 2.24) is 9.80 Å². The van der Waals surface area contributed by atoms with Crippen molar-refractivity contribution in [3.05, 3.63) is 53.6 Å². The second kappa shape index (κ2) is 10.6. The van der Waals surface area contributed by atoms with Crippen molar-refractivity contribution < 1.29 is 19.1 Å². The molecule has 6 heteroatoms. The van der Waals surface area contributed by atoms with Gasteiger partial charge in [-0.15, -0.1) is 0 Å². The fraction of sp³-hybridized carbons (Fsp3) is 0.391. The topological polar surface area (TPSA) is 59.1 Å². The van der Waals surface area contributed by atoms with Gasteiger partial charge in [0.2, 0.25) is 5.91 Å². The summed E-state index contributed by atoms with van der Waals surface area (Å²) in [5.74, 6) is 0.508. The lowest BCUT2D eigenvalue weighted by Crippen LogP contribution is -2.33. The molecule has 0 aliphatic heterocycles. The smallest absolute Gasteiger partial charge is 0.337 e. The van der Waals surface area contributed by atoms with Crippen LogP contribution in [0.2, 0.25) is 0 Å². The van der Waals surface area contributed by atoms with E-state index in [1.54, 1.807) is 24.1 Å². The number of carbonyl (C=O) groups excluding carboxylic acids is 2. The molecular formula is C23H30N2O4. The van der Waals surface area contributed by atoms with Gasteiger partial charge in [-0.25, -0.2) is 4.79 Å². The third kappa shape index (κ3) is 6.32. The fourth-order valence-electron chi connectivity index (χ4n) is 2.95. The zero-order chi connectivity index (χ0) is 21.4. The van der Waals surface area contributed by atoms with E-state index in [0.717, 1.165) is 35.5 Å². The Balaban J connectivity index is 2.06. The molecule has 0 saturated carbocycles. The van der Waals surface area contributed by atoms with Gasteiger partial charge in [-0.05, 0) is 49.8 Å². The molecule has 1 amide bonds. The number of hydrogen-bond acceptors (Lipinski definition) is 5. The molecule has 2 aromatic carbocycles. The number of amides is 1. The molecule has 0 aliphatic rings. The van der Waals surface area contributed by atoms with Crippen LogP contribution in [0.15, 0.2) is 42.5 Å². The number of likely N-dealkylation sites (N-methyl/N-ethyl adjacent to an activating group) is 2. The molecule has 0 bridgehead atoms. The lowest BCUT2D eigenvalue weighted by molar-refractivity contribution is -0.130. The first-order chi connectivity index (χ1) is 13.8. The van der Waals surface area contributed by atoms with E-state index in [2.05, 4.69) is 4.90 Å². The molecular weight excluding hydrogens is 368 g/mol. The summed E-state index contributed by atoms with van der Waals surface area (Å²) in [6.45, 7) is 1.56. The maximum Gasteiger partial charge on any atom is 0.337 e. The first-order valence-corrected chi connectivity index (χ1v) is 9.60. The van der Waals surface area contributed by atoms with Crippen LogP contribution in [0.1, 0.15) is 22.3 Å². The van der Waals surface area contributed by atoms with Crippen molar-refractivity contribution in [2.24, 2.45) is 0 Å². The number of carbonyl (C=O) groups is 2. The molecule has 2 aromatic rings. The van der Waals surface area contributed by atoms with E-state index in [4.69, 9.17) is 9.47 Å². The Morgan fingerprint density at radius 1 is 0.931 bits per heavy atom. The lowest BCUT2D eigenvalue weighted by atomic mass is 9.99. The van der Waals surface area contributed by atoms with Gasteiger partial charge in [-0.1, -0.05) is 24.3 Å². The van der Waals surface area contributed by atoms with E-state index >= 15 is 0 Å². The highest BCUT2D eigenvalue weighted by atomic mass is 16.5. The molecule has 0 aliphatic carbocycles. The lowest BCUT2D eigenvalue weighted by Gasteiger charge is -2.19. The summed E-state index contributed by atoms with van der Waals surface area (Å²) < 4.78 is 10.3. The zero-order valence-corrected chi connectivity index (χ0v) is 17.9. The van der Waals surface area contributed by atoms with Crippen LogP contribution in [-0.2, 0) is 16.0 Å². The summed E-state index contributed by atoms with van der Waals surface area (Å²) in [5.41, 5.74) is 3.43. The van der Waals surface area contributed by atoms with Crippen LogP contribution >= 0.6 is 0 Å². The molecule has 0 fully saturated rings. The molecule has 0 aromatic heterocycles. The molecule has 0 unspecified atom stereocenters. The second-order valence-electron chi connectivity index (χ2n) is 7.22. The van der Waals surface area contributed by atoms with Crippen molar-refractivity contribution in [3.63, 3.8) is 0 Å². The summed E-state index contributed by atoms with van der Waals surface area (Å²) >= 11 is 0. The minimum Gasteiger partial charge on any atom is -0.496 e. The number of benzene rings is 2. The van der Waals surface area contributed by atoms with E-state index in [9.17, 15) is 9.59 Å². The number of aryl methyl sites for hydroxylation is 1. The number of nitrogens with zero attached hydrogens (tertiary/aromatic N) is 2. The summed E-state index contributed by atoms with van der Waals surface area (Å²) in [5, 5.41) is 0. The molecule has 0 heterocycles. The number of esters is 1. The van der Waals surface area contributed by atoms with Crippen molar-refractivity contribution in [1.29, 1.82) is 0 Å². The highest BCUT2D eigenvalue weighted by Gasteiger charge is 2.12. The highest BCUT2D eigenvalue weighted by molar-refractivity contribution is 5.90. The molecule has 6 nitrogen and oxygen atoms in total. The Bertz CT molecular complexity index is 831. The van der Waals surface area contributed by atoms with E-state index < -0.39 is 0 Å². The van der Waals surface area contributed by atoms with Gasteiger partial charge in [0, 0.05) is 32.1 Å². The van der Waals surface area contributed by atoms with Crippen LogP contribution in [-0.4, -0.2) is 70.1 Å². The summed E-state index contributed by atoms with van der Waals surface area (Å²) in [4.78, 5) is 27.8. The molecule has 156 valence electrons. The maximum absolute atomic E-state index is 12.3. The number of methoxy groups -OCH3 is 2. The molecule has 0 saturated heterocycles. The van der Waals surface area contributed by atoms with Crippen LogP contribution in [0.5, 0.6) is 5.75 Å². The minimum atomic E-state index is -0.362. The first kappa shape index (κ1) is 22.4. The third-order valence-corrected chi connectivity index (χ3v) is 4.82. The molecule has 0 atom stereocenters. The number of ether oxygens (including phenoxy) is 2. The second-order valence-corrected chi connectivity index (χ2v) is 7.22. The Hall–Kier alpha value is -2.86. The van der Waals surface area contributed by atoms with Gasteiger partial charge in [0.1, 0.15) is 5.75 Å². The standard InChI is InChI=1S/C23H30N2O4/c1-24(2)14-15-25(3)22(26)13-7-17-6-12-20(21(16-17)28-4)18-8-10-19(11-9-18)23(27)29-5/h6,8-12,16H,7,13-15H2,1-5H3. The Labute approximate surface area is 173 Å². The quantitative estimate of drug-likeness (QED) is 0.608. The molecule has 0 radical (unpaired) electrons. The van der Waals surface area contributed by atoms with Crippen LogP contribution < -0.4 is 4.74 Å². The average molecular weight is 399 g/mol. The molecule has 0 N–H and O–H groups in total. The van der Waals surface area contributed by atoms with Crippen molar-refractivity contribution in [3.8, 4) is 16.9 Å².